The van der Waals surface area contributed by atoms with Gasteiger partial charge in [0.15, 0.2) is 0 Å². The smallest absolute Gasteiger partial charge is 0.309 e. The maximum Gasteiger partial charge on any atom is 0.309 e. The lowest BCUT2D eigenvalue weighted by molar-refractivity contribution is -0.163. The third-order valence-corrected chi connectivity index (χ3v) is 4.00. The highest BCUT2D eigenvalue weighted by atomic mass is 16.6. The number of rotatable bonds is 6. The van der Waals surface area contributed by atoms with Crippen molar-refractivity contribution in [2.75, 3.05) is 26.4 Å². The Hall–Kier alpha value is -1.14. The molecule has 0 unspecified atom stereocenters. The molecule has 4 atom stereocenters. The summed E-state index contributed by atoms with van der Waals surface area (Å²) in [6.07, 6.45) is 3.42. The number of carbonyl (C=O) groups is 2. The second-order valence-electron chi connectivity index (χ2n) is 5.67. The molecule has 1 aliphatic carbocycles. The highest BCUT2D eigenvalue weighted by molar-refractivity contribution is 5.82. The van der Waals surface area contributed by atoms with E-state index < -0.39 is 0 Å². The molecule has 6 nitrogen and oxygen atoms in total. The zero-order valence-electron chi connectivity index (χ0n) is 11.4. The quantitative estimate of drug-likeness (QED) is 0.527. The molecule has 3 rings (SSSR count). The number of hydrogen-bond donors (Lipinski definition) is 0. The molecule has 20 heavy (non-hydrogen) atoms. The van der Waals surface area contributed by atoms with E-state index in [9.17, 15) is 9.59 Å². The average Bonchev–Trinajstić information content (AvgIpc) is 3.36. The van der Waals surface area contributed by atoms with Gasteiger partial charge in [-0.2, -0.15) is 0 Å². The summed E-state index contributed by atoms with van der Waals surface area (Å²) < 4.78 is 20.5. The van der Waals surface area contributed by atoms with E-state index >= 15 is 0 Å². The summed E-state index contributed by atoms with van der Waals surface area (Å²) in [6.45, 7) is 1.91. The summed E-state index contributed by atoms with van der Waals surface area (Å²) in [7, 11) is 0. The zero-order valence-corrected chi connectivity index (χ0v) is 11.4. The summed E-state index contributed by atoms with van der Waals surface area (Å²) >= 11 is 0. The molecule has 0 bridgehead atoms. The largest absolute Gasteiger partial charge is 0.463 e. The Morgan fingerprint density at radius 3 is 1.60 bits per heavy atom. The first-order valence-corrected chi connectivity index (χ1v) is 7.30. The van der Waals surface area contributed by atoms with Crippen LogP contribution in [-0.2, 0) is 28.5 Å². The Balaban J connectivity index is 1.50. The van der Waals surface area contributed by atoms with Crippen LogP contribution in [0, 0.1) is 11.8 Å². The summed E-state index contributed by atoms with van der Waals surface area (Å²) in [5.74, 6) is -1.31. The van der Waals surface area contributed by atoms with Crippen molar-refractivity contribution in [1.29, 1.82) is 0 Å². The molecule has 2 aliphatic heterocycles. The second kappa shape index (κ2) is 6.10. The topological polar surface area (TPSA) is 77.7 Å². The molecule has 0 aromatic rings. The first-order chi connectivity index (χ1) is 9.74. The van der Waals surface area contributed by atoms with Crippen LogP contribution in [0.25, 0.3) is 0 Å². The van der Waals surface area contributed by atoms with Gasteiger partial charge in [0.2, 0.25) is 0 Å². The van der Waals surface area contributed by atoms with Crippen LogP contribution >= 0.6 is 0 Å². The van der Waals surface area contributed by atoms with E-state index in [4.69, 9.17) is 18.9 Å². The summed E-state index contributed by atoms with van der Waals surface area (Å²) in [5, 5.41) is 0. The molecule has 6 heteroatoms. The first-order valence-electron chi connectivity index (χ1n) is 7.30. The van der Waals surface area contributed by atoms with E-state index in [-0.39, 0.29) is 36.0 Å². The molecular formula is C14H20O6. The highest BCUT2D eigenvalue weighted by Gasteiger charge is 2.39. The lowest BCUT2D eigenvalue weighted by atomic mass is 9.79. The van der Waals surface area contributed by atoms with E-state index in [1.807, 2.05) is 0 Å². The predicted octanol–water partition coefficient (Wildman–Crippen LogP) is 0.677. The van der Waals surface area contributed by atoms with Gasteiger partial charge in [0.1, 0.15) is 25.4 Å². The maximum atomic E-state index is 12.1. The molecule has 1 saturated carbocycles. The number of esters is 2. The van der Waals surface area contributed by atoms with Gasteiger partial charge in [0, 0.05) is 0 Å². The molecule has 0 radical (unpaired) electrons. The Morgan fingerprint density at radius 2 is 1.25 bits per heavy atom. The molecule has 2 saturated heterocycles. The molecule has 0 aromatic heterocycles. The molecule has 0 N–H and O–H groups in total. The van der Waals surface area contributed by atoms with Crippen molar-refractivity contribution in [3.63, 3.8) is 0 Å². The van der Waals surface area contributed by atoms with Gasteiger partial charge in [0.25, 0.3) is 0 Å². The molecule has 0 spiro atoms. The van der Waals surface area contributed by atoms with Gasteiger partial charge >= 0.3 is 11.9 Å². The monoisotopic (exact) mass is 284 g/mol. The van der Waals surface area contributed by atoms with Crippen molar-refractivity contribution in [3.8, 4) is 0 Å². The molecule has 112 valence electrons. The number of hydrogen-bond acceptors (Lipinski definition) is 6. The van der Waals surface area contributed by atoms with Crippen LogP contribution in [0.2, 0.25) is 0 Å². The Kier molecular flexibility index (Phi) is 4.21. The summed E-state index contributed by atoms with van der Waals surface area (Å²) in [6, 6.07) is 0. The second-order valence-corrected chi connectivity index (χ2v) is 5.67. The third-order valence-electron chi connectivity index (χ3n) is 4.00. The van der Waals surface area contributed by atoms with Crippen LogP contribution < -0.4 is 0 Å². The Labute approximate surface area is 117 Å². The normalized spacial score (nSPS) is 35.2. The van der Waals surface area contributed by atoms with Gasteiger partial charge in [-0.1, -0.05) is 12.8 Å². The zero-order chi connectivity index (χ0) is 13.9. The van der Waals surface area contributed by atoms with Crippen LogP contribution in [0.3, 0.4) is 0 Å². The van der Waals surface area contributed by atoms with Crippen molar-refractivity contribution in [1.82, 2.24) is 0 Å². The number of ether oxygens (including phenoxy) is 4. The van der Waals surface area contributed by atoms with Crippen LogP contribution in [0.5, 0.6) is 0 Å². The van der Waals surface area contributed by atoms with Crippen LogP contribution in [0.15, 0.2) is 0 Å². The lowest BCUT2D eigenvalue weighted by Gasteiger charge is -2.28. The Bertz CT molecular complexity index is 338. The number of epoxide rings is 2. The lowest BCUT2D eigenvalue weighted by Crippen LogP contribution is -2.35. The predicted molar refractivity (Wildman–Crippen MR) is 66.8 cm³/mol. The van der Waals surface area contributed by atoms with Gasteiger partial charge in [-0.05, 0) is 12.8 Å². The minimum absolute atomic E-state index is 0.0555. The van der Waals surface area contributed by atoms with Gasteiger partial charge in [-0.25, -0.2) is 0 Å². The molecule has 2 heterocycles. The van der Waals surface area contributed by atoms with Gasteiger partial charge in [-0.15, -0.1) is 0 Å². The molecular weight excluding hydrogens is 264 g/mol. The van der Waals surface area contributed by atoms with Gasteiger partial charge < -0.3 is 18.9 Å². The van der Waals surface area contributed by atoms with E-state index in [0.29, 0.717) is 39.3 Å². The highest BCUT2D eigenvalue weighted by Crippen LogP contribution is 2.32. The maximum absolute atomic E-state index is 12.1. The minimum Gasteiger partial charge on any atom is -0.463 e. The standard InChI is InChI=1S/C14H20O6/c15-13(19-7-9-5-17-9)11-3-1-2-4-12(11)14(16)20-8-10-6-18-10/h9-12H,1-8H2/t9-,10+,11-,12-/m1/s1. The summed E-state index contributed by atoms with van der Waals surface area (Å²) in [4.78, 5) is 24.2. The minimum atomic E-state index is -0.366. The first kappa shape index (κ1) is 13.8. The van der Waals surface area contributed by atoms with Crippen LogP contribution in [0.1, 0.15) is 25.7 Å². The van der Waals surface area contributed by atoms with E-state index in [1.165, 1.54) is 0 Å². The fourth-order valence-corrected chi connectivity index (χ4v) is 2.59. The van der Waals surface area contributed by atoms with E-state index in [2.05, 4.69) is 0 Å². The molecule has 0 amide bonds. The van der Waals surface area contributed by atoms with Crippen LogP contribution in [-0.4, -0.2) is 50.6 Å². The fourth-order valence-electron chi connectivity index (χ4n) is 2.59. The van der Waals surface area contributed by atoms with Crippen molar-refractivity contribution in [2.45, 2.75) is 37.9 Å². The van der Waals surface area contributed by atoms with Gasteiger partial charge in [0.05, 0.1) is 25.0 Å². The molecule has 3 fully saturated rings. The molecule has 0 aromatic carbocycles. The SMILES string of the molecule is O=C(OC[C@@H]1CO1)[C@@H]1CCCC[C@H]1C(=O)OC[C@H]1CO1. The van der Waals surface area contributed by atoms with Crippen molar-refractivity contribution in [2.24, 2.45) is 11.8 Å². The van der Waals surface area contributed by atoms with Crippen molar-refractivity contribution >= 4 is 11.9 Å². The van der Waals surface area contributed by atoms with E-state index in [1.54, 1.807) is 0 Å². The third kappa shape index (κ3) is 3.70. The van der Waals surface area contributed by atoms with Crippen LogP contribution in [0.4, 0.5) is 0 Å². The van der Waals surface area contributed by atoms with Crippen molar-refractivity contribution in [3.05, 3.63) is 0 Å². The average molecular weight is 284 g/mol. The number of carbonyl (C=O) groups excluding carboxylic acids is 2. The molecule has 3 aliphatic rings. The van der Waals surface area contributed by atoms with Gasteiger partial charge in [-0.3, -0.25) is 9.59 Å². The van der Waals surface area contributed by atoms with E-state index in [0.717, 1.165) is 12.8 Å². The van der Waals surface area contributed by atoms with Crippen molar-refractivity contribution < 1.29 is 28.5 Å². The summed E-state index contributed by atoms with van der Waals surface area (Å²) in [5.41, 5.74) is 0. The fraction of sp³-hybridized carbons (Fsp3) is 0.857. The Morgan fingerprint density at radius 1 is 0.850 bits per heavy atom.